The maximum atomic E-state index is 10.6. The Bertz CT molecular complexity index is 419. The fourth-order valence-corrected chi connectivity index (χ4v) is 3.58. The molecular weight excluding hydrogens is 260 g/mol. The number of carbonyl (C=O) groups is 1. The molecule has 2 N–H and O–H groups in total. The Labute approximate surface area is 118 Å². The third kappa shape index (κ3) is 4.93. The van der Waals surface area contributed by atoms with Crippen molar-refractivity contribution in [1.82, 2.24) is 10.2 Å². The molecule has 0 radical (unpaired) electrons. The summed E-state index contributed by atoms with van der Waals surface area (Å²) in [6.45, 7) is 4.31. The van der Waals surface area contributed by atoms with E-state index in [1.165, 1.54) is 30.8 Å². The van der Waals surface area contributed by atoms with Crippen LogP contribution >= 0.6 is 11.3 Å². The van der Waals surface area contributed by atoms with Crippen LogP contribution in [-0.4, -0.2) is 42.7 Å². The largest absolute Gasteiger partial charge is 0.481 e. The van der Waals surface area contributed by atoms with Gasteiger partial charge in [0.1, 0.15) is 0 Å². The van der Waals surface area contributed by atoms with E-state index in [-0.39, 0.29) is 6.42 Å². The predicted octanol–water partition coefficient (Wildman–Crippen LogP) is 1.81. The second kappa shape index (κ2) is 7.03. The van der Waals surface area contributed by atoms with Gasteiger partial charge in [-0.05, 0) is 51.0 Å². The fraction of sp³-hybridized carbons (Fsp3) is 0.643. The van der Waals surface area contributed by atoms with Gasteiger partial charge in [0, 0.05) is 22.8 Å². The number of hydrogen-bond donors (Lipinski definition) is 2. The first-order valence-electron chi connectivity index (χ1n) is 6.82. The minimum absolute atomic E-state index is 0.137. The van der Waals surface area contributed by atoms with Crippen molar-refractivity contribution >= 4 is 17.3 Å². The van der Waals surface area contributed by atoms with Gasteiger partial charge < -0.3 is 15.3 Å². The second-order valence-electron chi connectivity index (χ2n) is 5.34. The Morgan fingerprint density at radius 3 is 3.05 bits per heavy atom. The highest BCUT2D eigenvalue weighted by Crippen LogP contribution is 2.18. The van der Waals surface area contributed by atoms with Gasteiger partial charge in [0.05, 0.1) is 6.42 Å². The van der Waals surface area contributed by atoms with E-state index >= 15 is 0 Å². The number of thiophene rings is 1. The minimum atomic E-state index is -0.758. The van der Waals surface area contributed by atoms with Crippen LogP contribution in [0.25, 0.3) is 0 Å². The molecule has 1 aromatic heterocycles. The first-order chi connectivity index (χ1) is 9.13. The lowest BCUT2D eigenvalue weighted by atomic mass is 9.98. The van der Waals surface area contributed by atoms with Crippen molar-refractivity contribution in [2.24, 2.45) is 5.92 Å². The molecule has 19 heavy (non-hydrogen) atoms. The van der Waals surface area contributed by atoms with Crippen molar-refractivity contribution in [3.63, 3.8) is 0 Å². The maximum absolute atomic E-state index is 10.6. The first kappa shape index (κ1) is 14.5. The Morgan fingerprint density at radius 1 is 1.53 bits per heavy atom. The molecule has 5 heteroatoms. The summed E-state index contributed by atoms with van der Waals surface area (Å²) in [4.78, 5) is 15.2. The number of likely N-dealkylation sites (tertiary alicyclic amines) is 1. The molecule has 0 spiro atoms. The number of piperidine rings is 1. The van der Waals surface area contributed by atoms with Crippen LogP contribution in [0.1, 0.15) is 22.6 Å². The van der Waals surface area contributed by atoms with Crippen molar-refractivity contribution in [1.29, 1.82) is 0 Å². The first-order valence-corrected chi connectivity index (χ1v) is 7.64. The quantitative estimate of drug-likeness (QED) is 0.835. The summed E-state index contributed by atoms with van der Waals surface area (Å²) in [6.07, 6.45) is 2.74. The van der Waals surface area contributed by atoms with Gasteiger partial charge in [0.15, 0.2) is 0 Å². The molecule has 0 bridgehead atoms. The zero-order chi connectivity index (χ0) is 13.7. The van der Waals surface area contributed by atoms with Crippen LogP contribution in [0.3, 0.4) is 0 Å². The number of rotatable bonds is 6. The van der Waals surface area contributed by atoms with Gasteiger partial charge in [-0.3, -0.25) is 4.79 Å². The van der Waals surface area contributed by atoms with E-state index in [4.69, 9.17) is 5.11 Å². The lowest BCUT2D eigenvalue weighted by Crippen LogP contribution is -2.37. The number of nitrogens with zero attached hydrogens (tertiary/aromatic N) is 1. The number of hydrogen-bond acceptors (Lipinski definition) is 4. The molecule has 2 rings (SSSR count). The number of carboxylic acid groups (broad SMARTS) is 1. The van der Waals surface area contributed by atoms with Crippen LogP contribution in [0, 0.1) is 5.92 Å². The summed E-state index contributed by atoms with van der Waals surface area (Å²) in [6, 6.07) is 3.95. The summed E-state index contributed by atoms with van der Waals surface area (Å²) in [5, 5.41) is 12.2. The van der Waals surface area contributed by atoms with Crippen LogP contribution < -0.4 is 5.32 Å². The Kier molecular flexibility index (Phi) is 5.36. The molecule has 0 saturated carbocycles. The number of nitrogens with one attached hydrogen (secondary N) is 1. The molecule has 1 aromatic rings. The average Bonchev–Trinajstić information content (AvgIpc) is 2.76. The van der Waals surface area contributed by atoms with Crippen LogP contribution in [0.4, 0.5) is 0 Å². The van der Waals surface area contributed by atoms with E-state index < -0.39 is 5.97 Å². The molecule has 1 saturated heterocycles. The summed E-state index contributed by atoms with van der Waals surface area (Å²) < 4.78 is 0. The summed E-state index contributed by atoms with van der Waals surface area (Å²) >= 11 is 1.59. The van der Waals surface area contributed by atoms with E-state index in [1.54, 1.807) is 11.3 Å². The topological polar surface area (TPSA) is 52.6 Å². The molecule has 0 aromatic carbocycles. The zero-order valence-electron chi connectivity index (χ0n) is 11.4. The molecule has 1 aliphatic rings. The zero-order valence-corrected chi connectivity index (χ0v) is 12.2. The summed E-state index contributed by atoms with van der Waals surface area (Å²) in [5.41, 5.74) is 0. The molecule has 0 aliphatic carbocycles. The molecule has 0 amide bonds. The van der Waals surface area contributed by atoms with Crippen LogP contribution in [0.5, 0.6) is 0 Å². The van der Waals surface area contributed by atoms with E-state index in [0.717, 1.165) is 23.9 Å². The lowest BCUT2D eigenvalue weighted by molar-refractivity contribution is -0.136. The van der Waals surface area contributed by atoms with E-state index in [9.17, 15) is 4.79 Å². The van der Waals surface area contributed by atoms with Gasteiger partial charge in [-0.25, -0.2) is 0 Å². The fourth-order valence-electron chi connectivity index (χ4n) is 2.60. The van der Waals surface area contributed by atoms with Gasteiger partial charge in [-0.1, -0.05) is 0 Å². The summed E-state index contributed by atoms with van der Waals surface area (Å²) in [5.74, 6) is -0.0104. The monoisotopic (exact) mass is 282 g/mol. The normalized spacial score (nSPS) is 20.6. The van der Waals surface area contributed by atoms with Crippen molar-refractivity contribution in [2.75, 3.05) is 26.7 Å². The third-order valence-corrected chi connectivity index (χ3v) is 4.58. The SMILES string of the molecule is CN1CCCC(CNCc2ccc(CC(=O)O)s2)C1. The number of carboxylic acids is 1. The van der Waals surface area contributed by atoms with Gasteiger partial charge in [0.2, 0.25) is 0 Å². The molecule has 1 aliphatic heterocycles. The Morgan fingerprint density at radius 2 is 2.32 bits per heavy atom. The highest BCUT2D eigenvalue weighted by molar-refractivity contribution is 7.12. The van der Waals surface area contributed by atoms with Crippen LogP contribution in [-0.2, 0) is 17.8 Å². The highest BCUT2D eigenvalue weighted by atomic mass is 32.1. The van der Waals surface area contributed by atoms with Crippen LogP contribution in [0.15, 0.2) is 12.1 Å². The highest BCUT2D eigenvalue weighted by Gasteiger charge is 2.16. The number of aliphatic carboxylic acids is 1. The maximum Gasteiger partial charge on any atom is 0.308 e. The van der Waals surface area contributed by atoms with Crippen molar-refractivity contribution < 1.29 is 9.90 Å². The summed E-state index contributed by atoms with van der Waals surface area (Å²) in [7, 11) is 2.18. The van der Waals surface area contributed by atoms with E-state index in [2.05, 4.69) is 17.3 Å². The lowest BCUT2D eigenvalue weighted by Gasteiger charge is -2.29. The Balaban J connectivity index is 1.70. The molecule has 4 nitrogen and oxygen atoms in total. The van der Waals surface area contributed by atoms with Crippen molar-refractivity contribution in [3.05, 3.63) is 21.9 Å². The van der Waals surface area contributed by atoms with Gasteiger partial charge in [-0.15, -0.1) is 11.3 Å². The molecule has 1 atom stereocenters. The standard InChI is InChI=1S/C14H22N2O2S/c1-16-6-2-3-11(10-16)8-15-9-13-5-4-12(19-13)7-14(17)18/h4-5,11,15H,2-3,6-10H2,1H3,(H,17,18). The van der Waals surface area contributed by atoms with Gasteiger partial charge in [0.25, 0.3) is 0 Å². The van der Waals surface area contributed by atoms with Crippen molar-refractivity contribution in [3.8, 4) is 0 Å². The predicted molar refractivity (Wildman–Crippen MR) is 77.6 cm³/mol. The molecule has 1 fully saturated rings. The molecule has 2 heterocycles. The van der Waals surface area contributed by atoms with Gasteiger partial charge in [-0.2, -0.15) is 0 Å². The van der Waals surface area contributed by atoms with Crippen molar-refractivity contribution in [2.45, 2.75) is 25.8 Å². The molecule has 1 unspecified atom stereocenters. The second-order valence-corrected chi connectivity index (χ2v) is 6.59. The van der Waals surface area contributed by atoms with Crippen LogP contribution in [0.2, 0.25) is 0 Å². The Hall–Kier alpha value is -0.910. The molecular formula is C14H22N2O2S. The molecule has 106 valence electrons. The third-order valence-electron chi connectivity index (χ3n) is 3.50. The van der Waals surface area contributed by atoms with Gasteiger partial charge >= 0.3 is 5.97 Å². The minimum Gasteiger partial charge on any atom is -0.481 e. The van der Waals surface area contributed by atoms with E-state index in [0.29, 0.717) is 0 Å². The smallest absolute Gasteiger partial charge is 0.308 e. The van der Waals surface area contributed by atoms with E-state index in [1.807, 2.05) is 12.1 Å². The average molecular weight is 282 g/mol.